The van der Waals surface area contributed by atoms with E-state index in [9.17, 15) is 29.9 Å². The zero-order chi connectivity index (χ0) is 28.7. The molecule has 3 heterocycles. The lowest BCUT2D eigenvalue weighted by atomic mass is 10.1. The van der Waals surface area contributed by atoms with Crippen LogP contribution in [0.15, 0.2) is 23.3 Å². The van der Waals surface area contributed by atoms with Crippen LogP contribution in [0.2, 0.25) is 5.02 Å². The highest BCUT2D eigenvalue weighted by atomic mass is 35.5. The van der Waals surface area contributed by atoms with Crippen LogP contribution in [0, 0.1) is 22.9 Å². The maximum atomic E-state index is 15.6. The number of aliphatic hydroxyl groups excluding tert-OH is 1. The summed E-state index contributed by atoms with van der Waals surface area (Å²) in [5.74, 6) is -1.85. The number of imidazole rings is 1. The first-order valence-corrected chi connectivity index (χ1v) is 13.6. The molecule has 3 N–H and O–H groups in total. The number of nitrogens with zero attached hydrogens (tertiary/aromatic N) is 5. The Labute approximate surface area is 233 Å². The van der Waals surface area contributed by atoms with Gasteiger partial charge in [0.05, 0.1) is 21.6 Å². The molecular weight excluding hydrogens is 547 g/mol. The quantitative estimate of drug-likeness (QED) is 0.257. The van der Waals surface area contributed by atoms with Crippen LogP contribution in [0.1, 0.15) is 54.3 Å². The van der Waals surface area contributed by atoms with Crippen molar-refractivity contribution in [3.05, 3.63) is 61.0 Å². The number of carbonyl (C=O) groups is 1. The van der Waals surface area contributed by atoms with Crippen LogP contribution in [0.25, 0.3) is 10.9 Å². The molecule has 0 radical (unpaired) electrons. The molecule has 2 fully saturated rings. The number of hydrogen-bond donors (Lipinski definition) is 3. The van der Waals surface area contributed by atoms with Crippen molar-refractivity contribution in [1.29, 1.82) is 0 Å². The molecule has 5 rings (SSSR count). The normalized spacial score (nSPS) is 18.6. The molecule has 1 aliphatic heterocycles. The molecule has 2 aromatic heterocycles. The fourth-order valence-electron chi connectivity index (χ4n) is 5.43. The molecule has 12 nitrogen and oxygen atoms in total. The third-order valence-electron chi connectivity index (χ3n) is 7.60. The first-order chi connectivity index (χ1) is 19.1. The minimum absolute atomic E-state index is 0.00621. The van der Waals surface area contributed by atoms with Crippen LogP contribution in [0.4, 0.5) is 15.9 Å². The van der Waals surface area contributed by atoms with E-state index in [0.717, 1.165) is 44.4 Å². The standard InChI is InChI=1S/C26H30ClFN6O6/c1-14-29-10-21(34(39)40)32(14)12-17(35)9-30-15-4-2-3-7-31(11-15)24-20(28)8-18-23(22(24)27)33(16-5-6-16)13-19(25(18)36)26(37)38/h8,10,13,15-17,30,35H,2-7,9,11-12H2,1H3,(H,37,38)/t15-,17?/m0/s1. The number of hydrogen-bond acceptors (Lipinski definition) is 8. The predicted molar refractivity (Wildman–Crippen MR) is 146 cm³/mol. The van der Waals surface area contributed by atoms with Gasteiger partial charge < -0.3 is 35.1 Å². The summed E-state index contributed by atoms with van der Waals surface area (Å²) < 4.78 is 18.6. The molecule has 1 saturated carbocycles. The van der Waals surface area contributed by atoms with Crippen molar-refractivity contribution in [2.24, 2.45) is 0 Å². The van der Waals surface area contributed by atoms with Crippen LogP contribution in [0.3, 0.4) is 0 Å². The summed E-state index contributed by atoms with van der Waals surface area (Å²) in [6.07, 6.45) is 5.51. The number of carboxylic acids is 1. The summed E-state index contributed by atoms with van der Waals surface area (Å²) >= 11 is 6.81. The summed E-state index contributed by atoms with van der Waals surface area (Å²) in [6, 6.07) is 0.941. The zero-order valence-electron chi connectivity index (χ0n) is 21.8. The summed E-state index contributed by atoms with van der Waals surface area (Å²) in [5.41, 5.74) is -0.706. The lowest BCUT2D eigenvalue weighted by Crippen LogP contribution is -2.44. The van der Waals surface area contributed by atoms with Gasteiger partial charge in [-0.25, -0.2) is 18.7 Å². The van der Waals surface area contributed by atoms with Gasteiger partial charge in [0.1, 0.15) is 30.2 Å². The lowest BCUT2D eigenvalue weighted by Gasteiger charge is -2.29. The number of fused-ring (bicyclic) bond motifs is 1. The number of nitro groups is 1. The second-order valence-corrected chi connectivity index (χ2v) is 10.8. The van der Waals surface area contributed by atoms with E-state index in [-0.39, 0.29) is 47.1 Å². The first-order valence-electron chi connectivity index (χ1n) is 13.2. The highest BCUT2D eigenvalue weighted by Gasteiger charge is 2.31. The second-order valence-electron chi connectivity index (χ2n) is 10.5. The Morgan fingerprint density at radius 2 is 2.10 bits per heavy atom. The van der Waals surface area contributed by atoms with Crippen LogP contribution in [-0.4, -0.2) is 67.0 Å². The number of halogens is 2. The second kappa shape index (κ2) is 11.1. The zero-order valence-corrected chi connectivity index (χ0v) is 22.6. The first kappa shape index (κ1) is 28.0. The van der Waals surface area contributed by atoms with Gasteiger partial charge in [-0.15, -0.1) is 0 Å². The van der Waals surface area contributed by atoms with E-state index >= 15 is 4.39 Å². The van der Waals surface area contributed by atoms with Gasteiger partial charge in [-0.1, -0.05) is 18.0 Å². The van der Waals surface area contributed by atoms with Crippen LogP contribution in [0.5, 0.6) is 0 Å². The van der Waals surface area contributed by atoms with Crippen molar-refractivity contribution in [2.75, 3.05) is 24.5 Å². The van der Waals surface area contributed by atoms with Gasteiger partial charge in [0.25, 0.3) is 0 Å². The molecular formula is C26H30ClFN6O6. The van der Waals surface area contributed by atoms with Crippen molar-refractivity contribution in [3.8, 4) is 0 Å². The van der Waals surface area contributed by atoms with Crippen molar-refractivity contribution in [1.82, 2.24) is 19.4 Å². The van der Waals surface area contributed by atoms with Gasteiger partial charge in [-0.05, 0) is 36.7 Å². The largest absolute Gasteiger partial charge is 0.477 e. The molecule has 214 valence electrons. The van der Waals surface area contributed by atoms with E-state index in [1.807, 2.05) is 4.90 Å². The highest BCUT2D eigenvalue weighted by Crippen LogP contribution is 2.42. The number of aromatic nitrogens is 3. The fourth-order valence-corrected chi connectivity index (χ4v) is 5.84. The molecule has 3 aromatic rings. The molecule has 2 aliphatic rings. The molecule has 0 bridgehead atoms. The number of aliphatic hydroxyl groups is 1. The smallest absolute Gasteiger partial charge is 0.342 e. The summed E-state index contributed by atoms with van der Waals surface area (Å²) in [7, 11) is 0. The van der Waals surface area contributed by atoms with Crippen LogP contribution in [-0.2, 0) is 6.54 Å². The minimum Gasteiger partial charge on any atom is -0.477 e. The number of benzene rings is 1. The number of aromatic carboxylic acids is 1. The molecule has 1 saturated heterocycles. The molecule has 1 aromatic carbocycles. The molecule has 14 heteroatoms. The predicted octanol–water partition coefficient (Wildman–Crippen LogP) is 3.25. The van der Waals surface area contributed by atoms with Crippen molar-refractivity contribution in [3.63, 3.8) is 0 Å². The molecule has 1 unspecified atom stereocenters. The van der Waals surface area contributed by atoms with E-state index in [0.29, 0.717) is 24.4 Å². The molecule has 0 amide bonds. The van der Waals surface area contributed by atoms with Gasteiger partial charge in [0.15, 0.2) is 5.82 Å². The fraction of sp³-hybridized carbons (Fsp3) is 0.500. The molecule has 2 atom stereocenters. The van der Waals surface area contributed by atoms with Gasteiger partial charge in [-0.3, -0.25) is 4.79 Å². The topological polar surface area (TPSA) is 156 Å². The van der Waals surface area contributed by atoms with E-state index in [2.05, 4.69) is 10.3 Å². The summed E-state index contributed by atoms with van der Waals surface area (Å²) in [4.78, 5) is 41.1. The number of aryl methyl sites for hydroxylation is 1. The monoisotopic (exact) mass is 576 g/mol. The molecule has 0 spiro atoms. The number of anilines is 1. The Bertz CT molecular complexity index is 1540. The molecule has 1 aliphatic carbocycles. The number of carboxylic acid groups (broad SMARTS) is 1. The van der Waals surface area contributed by atoms with Gasteiger partial charge >= 0.3 is 11.8 Å². The van der Waals surface area contributed by atoms with E-state index in [1.165, 1.54) is 10.8 Å². The Balaban J connectivity index is 1.39. The number of pyridine rings is 1. The maximum absolute atomic E-state index is 15.6. The Morgan fingerprint density at radius 3 is 2.77 bits per heavy atom. The SMILES string of the molecule is Cc1ncc([N+](=O)[O-])n1CC(O)CN[C@H]1CCCCN(c2c(F)cc3c(=O)c(C(=O)O)cn(C4CC4)c3c2Cl)C1. The third kappa shape index (κ3) is 5.40. The number of nitrogens with one attached hydrogen (secondary N) is 1. The van der Waals surface area contributed by atoms with E-state index in [1.54, 1.807) is 11.5 Å². The summed E-state index contributed by atoms with van der Waals surface area (Å²) in [6.45, 7) is 2.67. The maximum Gasteiger partial charge on any atom is 0.342 e. The van der Waals surface area contributed by atoms with Gasteiger partial charge in [0.2, 0.25) is 5.43 Å². The van der Waals surface area contributed by atoms with Gasteiger partial charge in [0, 0.05) is 44.8 Å². The van der Waals surface area contributed by atoms with Crippen molar-refractivity contribution < 1.29 is 24.3 Å². The van der Waals surface area contributed by atoms with E-state index in [4.69, 9.17) is 11.6 Å². The number of rotatable bonds is 9. The van der Waals surface area contributed by atoms with Crippen molar-refractivity contribution >= 4 is 40.0 Å². The van der Waals surface area contributed by atoms with Crippen LogP contribution < -0.4 is 15.6 Å². The summed E-state index contributed by atoms with van der Waals surface area (Å²) in [5, 5.41) is 34.7. The molecule has 40 heavy (non-hydrogen) atoms. The van der Waals surface area contributed by atoms with Gasteiger partial charge in [-0.2, -0.15) is 0 Å². The Hall–Kier alpha value is -3.55. The lowest BCUT2D eigenvalue weighted by molar-refractivity contribution is -0.392. The Morgan fingerprint density at radius 1 is 1.35 bits per heavy atom. The van der Waals surface area contributed by atoms with Crippen LogP contribution >= 0.6 is 11.6 Å². The third-order valence-corrected chi connectivity index (χ3v) is 7.96. The van der Waals surface area contributed by atoms with Crippen molar-refractivity contribution in [2.45, 2.75) is 63.8 Å². The average Bonchev–Trinajstić information content (AvgIpc) is 3.70. The Kier molecular flexibility index (Phi) is 7.80. The minimum atomic E-state index is -1.37. The van der Waals surface area contributed by atoms with E-state index < -0.39 is 33.8 Å². The average molecular weight is 577 g/mol. The highest BCUT2D eigenvalue weighted by molar-refractivity contribution is 6.38.